The summed E-state index contributed by atoms with van der Waals surface area (Å²) in [7, 11) is 3.16. The Balaban J connectivity index is 2.51. The van der Waals surface area contributed by atoms with Crippen molar-refractivity contribution < 1.29 is 9.47 Å². The molecule has 17 heavy (non-hydrogen) atoms. The maximum absolute atomic E-state index is 5.26. The van der Waals surface area contributed by atoms with Crippen LogP contribution in [0.3, 0.4) is 0 Å². The molecule has 0 aliphatic rings. The predicted molar refractivity (Wildman–Crippen MR) is 66.2 cm³/mol. The van der Waals surface area contributed by atoms with Gasteiger partial charge in [-0.15, -0.1) is 0 Å². The molecule has 0 radical (unpaired) electrons. The van der Waals surface area contributed by atoms with Gasteiger partial charge in [-0.25, -0.2) is 4.98 Å². The number of thioether (sulfide) groups is 1. The summed E-state index contributed by atoms with van der Waals surface area (Å²) in [6.45, 7) is 0. The van der Waals surface area contributed by atoms with E-state index in [1.165, 1.54) is 0 Å². The first-order valence-electron chi connectivity index (χ1n) is 4.97. The highest BCUT2D eigenvalue weighted by Crippen LogP contribution is 2.26. The molecule has 90 valence electrons. The Hall–Kier alpha value is -1.69. The van der Waals surface area contributed by atoms with Gasteiger partial charge in [0.2, 0.25) is 11.8 Å². The summed E-state index contributed by atoms with van der Waals surface area (Å²) in [4.78, 5) is 8.48. The lowest BCUT2D eigenvalue weighted by atomic mass is 10.4. The maximum atomic E-state index is 5.26. The molecular weight excluding hydrogens is 238 g/mol. The third kappa shape index (κ3) is 2.21. The molecule has 0 saturated heterocycles. The average molecular weight is 251 g/mol. The molecule has 0 atom stereocenters. The number of imidazole rings is 1. The zero-order valence-corrected chi connectivity index (χ0v) is 10.7. The van der Waals surface area contributed by atoms with Crippen LogP contribution in [0.15, 0.2) is 29.7 Å². The zero-order chi connectivity index (χ0) is 12.3. The van der Waals surface area contributed by atoms with Crippen molar-refractivity contribution in [2.24, 2.45) is 0 Å². The number of hydrogen-bond acceptors (Lipinski definition) is 5. The molecule has 0 saturated carbocycles. The van der Waals surface area contributed by atoms with Crippen molar-refractivity contribution in [2.45, 2.75) is 5.16 Å². The van der Waals surface area contributed by atoms with Gasteiger partial charge in [0.25, 0.3) is 0 Å². The van der Waals surface area contributed by atoms with Crippen LogP contribution in [0, 0.1) is 0 Å². The number of pyridine rings is 1. The highest BCUT2D eigenvalue weighted by atomic mass is 32.2. The molecule has 6 heteroatoms. The molecule has 0 fully saturated rings. The van der Waals surface area contributed by atoms with E-state index in [0.717, 1.165) is 10.8 Å². The van der Waals surface area contributed by atoms with Gasteiger partial charge in [-0.2, -0.15) is 4.98 Å². The van der Waals surface area contributed by atoms with Crippen LogP contribution < -0.4 is 9.47 Å². The quantitative estimate of drug-likeness (QED) is 0.778. The molecule has 2 heterocycles. The number of hydrogen-bond donors (Lipinski definition) is 0. The molecule has 2 aromatic heterocycles. The van der Waals surface area contributed by atoms with E-state index < -0.39 is 0 Å². The lowest BCUT2D eigenvalue weighted by Gasteiger charge is -2.11. The minimum atomic E-state index is 0.512. The van der Waals surface area contributed by atoms with Gasteiger partial charge < -0.3 is 9.47 Å². The summed E-state index contributed by atoms with van der Waals surface area (Å²) in [6, 6.07) is 3.69. The summed E-state index contributed by atoms with van der Waals surface area (Å²) in [5, 5.41) is 0.885. The van der Waals surface area contributed by atoms with E-state index in [1.807, 2.05) is 23.1 Å². The van der Waals surface area contributed by atoms with Crippen LogP contribution in [-0.2, 0) is 0 Å². The first kappa shape index (κ1) is 11.8. The highest BCUT2D eigenvalue weighted by molar-refractivity contribution is 7.98. The van der Waals surface area contributed by atoms with Crippen LogP contribution in [0.1, 0.15) is 0 Å². The fourth-order valence-electron chi connectivity index (χ4n) is 1.49. The van der Waals surface area contributed by atoms with Crippen LogP contribution >= 0.6 is 11.8 Å². The molecule has 2 aromatic rings. The molecular formula is C11H13N3O2S. The van der Waals surface area contributed by atoms with E-state index in [1.54, 1.807) is 38.2 Å². The Morgan fingerprint density at radius 2 is 2.06 bits per heavy atom. The number of aromatic nitrogens is 3. The van der Waals surface area contributed by atoms with Crippen molar-refractivity contribution in [2.75, 3.05) is 20.5 Å². The third-order valence-electron chi connectivity index (χ3n) is 2.27. The maximum Gasteiger partial charge on any atom is 0.241 e. The van der Waals surface area contributed by atoms with E-state index in [0.29, 0.717) is 11.8 Å². The van der Waals surface area contributed by atoms with Gasteiger partial charge in [-0.3, -0.25) is 4.57 Å². The topological polar surface area (TPSA) is 49.2 Å². The van der Waals surface area contributed by atoms with Crippen molar-refractivity contribution in [1.29, 1.82) is 0 Å². The van der Waals surface area contributed by atoms with Gasteiger partial charge in [0.05, 0.1) is 14.2 Å². The number of methoxy groups -OCH3 is 2. The molecule has 0 aliphatic carbocycles. The summed E-state index contributed by atoms with van der Waals surface area (Å²) >= 11 is 1.56. The standard InChI is InChI=1S/C11H13N3O2S/c1-15-9-5-4-8(10(13-9)16-2)14-7-6-12-11(14)17-3/h4-7H,1-3H3. The number of rotatable bonds is 4. The van der Waals surface area contributed by atoms with Crippen molar-refractivity contribution in [3.05, 3.63) is 24.5 Å². The molecule has 0 aromatic carbocycles. The Morgan fingerprint density at radius 3 is 2.71 bits per heavy atom. The summed E-state index contributed by atoms with van der Waals surface area (Å²) in [6.07, 6.45) is 5.59. The van der Waals surface area contributed by atoms with Gasteiger partial charge in [0.1, 0.15) is 5.69 Å². The SMILES string of the molecule is COc1ccc(-n2ccnc2SC)c(OC)n1. The smallest absolute Gasteiger partial charge is 0.241 e. The minimum Gasteiger partial charge on any atom is -0.481 e. The van der Waals surface area contributed by atoms with Crippen molar-refractivity contribution in [1.82, 2.24) is 14.5 Å². The second-order valence-corrected chi connectivity index (χ2v) is 3.94. The van der Waals surface area contributed by atoms with Crippen LogP contribution in [0.25, 0.3) is 5.69 Å². The fourth-order valence-corrected chi connectivity index (χ4v) is 2.01. The molecule has 0 aliphatic heterocycles. The lowest BCUT2D eigenvalue weighted by molar-refractivity contribution is 0.363. The van der Waals surface area contributed by atoms with Gasteiger partial charge in [-0.05, 0) is 12.3 Å². The van der Waals surface area contributed by atoms with Gasteiger partial charge in [-0.1, -0.05) is 11.8 Å². The zero-order valence-electron chi connectivity index (χ0n) is 9.88. The first-order valence-corrected chi connectivity index (χ1v) is 6.19. The number of nitrogens with zero attached hydrogens (tertiary/aromatic N) is 3. The fraction of sp³-hybridized carbons (Fsp3) is 0.273. The van der Waals surface area contributed by atoms with Crippen LogP contribution in [0.4, 0.5) is 0 Å². The summed E-state index contributed by atoms with van der Waals surface area (Å²) < 4.78 is 12.3. The highest BCUT2D eigenvalue weighted by Gasteiger charge is 2.11. The second kappa shape index (κ2) is 5.09. The Morgan fingerprint density at radius 1 is 1.24 bits per heavy atom. The van der Waals surface area contributed by atoms with E-state index >= 15 is 0 Å². The van der Waals surface area contributed by atoms with E-state index in [9.17, 15) is 0 Å². The summed E-state index contributed by atoms with van der Waals surface area (Å²) in [5.74, 6) is 1.04. The number of ether oxygens (including phenoxy) is 2. The third-order valence-corrected chi connectivity index (χ3v) is 2.93. The molecule has 0 unspecified atom stereocenters. The normalized spacial score (nSPS) is 10.3. The molecule has 2 rings (SSSR count). The Kier molecular flexibility index (Phi) is 3.53. The lowest BCUT2D eigenvalue weighted by Crippen LogP contribution is -2.01. The Labute approximate surface area is 104 Å². The van der Waals surface area contributed by atoms with E-state index in [2.05, 4.69) is 9.97 Å². The largest absolute Gasteiger partial charge is 0.481 e. The van der Waals surface area contributed by atoms with Crippen LogP contribution in [-0.4, -0.2) is 35.0 Å². The molecule has 5 nitrogen and oxygen atoms in total. The first-order chi connectivity index (χ1) is 8.30. The van der Waals surface area contributed by atoms with Gasteiger partial charge in [0.15, 0.2) is 5.16 Å². The van der Waals surface area contributed by atoms with Gasteiger partial charge >= 0.3 is 0 Å². The predicted octanol–water partition coefficient (Wildman–Crippen LogP) is 2.01. The van der Waals surface area contributed by atoms with Crippen molar-refractivity contribution in [3.8, 4) is 17.4 Å². The van der Waals surface area contributed by atoms with E-state index in [-0.39, 0.29) is 0 Å². The van der Waals surface area contributed by atoms with Crippen molar-refractivity contribution >= 4 is 11.8 Å². The second-order valence-electron chi connectivity index (χ2n) is 3.17. The van der Waals surface area contributed by atoms with Crippen LogP contribution in [0.5, 0.6) is 11.8 Å². The molecule has 0 bridgehead atoms. The molecule has 0 spiro atoms. The van der Waals surface area contributed by atoms with Gasteiger partial charge in [0, 0.05) is 18.5 Å². The van der Waals surface area contributed by atoms with Crippen LogP contribution in [0.2, 0.25) is 0 Å². The van der Waals surface area contributed by atoms with E-state index in [4.69, 9.17) is 9.47 Å². The average Bonchev–Trinajstić information content (AvgIpc) is 2.85. The summed E-state index contributed by atoms with van der Waals surface area (Å²) in [5.41, 5.74) is 0.843. The molecule has 0 amide bonds. The molecule has 0 N–H and O–H groups in total. The monoisotopic (exact) mass is 251 g/mol. The van der Waals surface area contributed by atoms with Crippen molar-refractivity contribution in [3.63, 3.8) is 0 Å². The minimum absolute atomic E-state index is 0.512. The Bertz CT molecular complexity index is 513.